The van der Waals surface area contributed by atoms with Gasteiger partial charge < -0.3 is 15.6 Å². The van der Waals surface area contributed by atoms with Crippen molar-refractivity contribution < 1.29 is 36.0 Å². The molecule has 4 heterocycles. The van der Waals surface area contributed by atoms with Crippen molar-refractivity contribution in [2.75, 3.05) is 37.3 Å². The number of rotatable bonds is 7. The summed E-state index contributed by atoms with van der Waals surface area (Å²) in [7, 11) is -3.24. The number of thiazole rings is 1. The second-order valence-electron chi connectivity index (χ2n) is 10.5. The number of sulfonamides is 1. The van der Waals surface area contributed by atoms with Crippen molar-refractivity contribution in [3.63, 3.8) is 0 Å². The molecule has 3 aromatic rings. The number of nitrogens with zero attached hydrogens (tertiary/aromatic N) is 3. The van der Waals surface area contributed by atoms with Gasteiger partial charge in [-0.05, 0) is 49.0 Å². The zero-order valence-electron chi connectivity index (χ0n) is 23.6. The highest BCUT2D eigenvalue weighted by atomic mass is 32.2. The maximum Gasteiger partial charge on any atom is 0.449 e. The number of nitrogens with one attached hydrogen (secondary N) is 1. The Labute approximate surface area is 250 Å². The van der Waals surface area contributed by atoms with Crippen molar-refractivity contribution >= 4 is 61.0 Å². The van der Waals surface area contributed by atoms with E-state index in [0.717, 1.165) is 48.3 Å². The van der Waals surface area contributed by atoms with Gasteiger partial charge in [0.15, 0.2) is 10.8 Å². The largest absolute Gasteiger partial charge is 0.449 e. The fourth-order valence-electron chi connectivity index (χ4n) is 5.22. The van der Waals surface area contributed by atoms with E-state index in [9.17, 15) is 36.0 Å². The highest BCUT2D eigenvalue weighted by molar-refractivity contribution is 7.88. The normalized spacial score (nSPS) is 18.1. The molecule has 3 N–H and O–H groups in total. The molecule has 232 valence electrons. The van der Waals surface area contributed by atoms with Gasteiger partial charge in [-0.3, -0.25) is 14.4 Å². The van der Waals surface area contributed by atoms with Crippen LogP contribution in [0.1, 0.15) is 58.5 Å². The number of amides is 1. The number of Topliss-reactive ketones (excluding diaryl/α,β-unsaturated/α-hetero) is 2. The molecule has 0 aliphatic carbocycles. The topological polar surface area (TPSA) is 147 Å². The number of carbonyl (C=O) groups excluding carboxylic acids is 3. The predicted octanol–water partition coefficient (Wildman–Crippen LogP) is 4.40. The number of aromatic amines is 1. The molecular weight excluding hydrogens is 607 g/mol. The highest BCUT2D eigenvalue weighted by Gasteiger charge is 2.33. The van der Waals surface area contributed by atoms with Crippen LogP contribution in [0.3, 0.4) is 0 Å². The Morgan fingerprint density at radius 1 is 1.21 bits per heavy atom. The van der Waals surface area contributed by atoms with Crippen LogP contribution in [0, 0.1) is 5.92 Å². The van der Waals surface area contributed by atoms with Gasteiger partial charge in [0, 0.05) is 67.9 Å². The van der Waals surface area contributed by atoms with E-state index in [1.807, 2.05) is 23.6 Å². The Morgan fingerprint density at radius 2 is 1.93 bits per heavy atom. The van der Waals surface area contributed by atoms with Gasteiger partial charge in [-0.15, -0.1) is 11.3 Å². The van der Waals surface area contributed by atoms with Gasteiger partial charge in [-0.25, -0.2) is 13.4 Å². The molecule has 0 bridgehead atoms. The van der Waals surface area contributed by atoms with Crippen LogP contribution in [0.4, 0.5) is 18.9 Å². The van der Waals surface area contributed by atoms with Crippen molar-refractivity contribution in [3.8, 4) is 0 Å². The van der Waals surface area contributed by atoms with Gasteiger partial charge in [-0.1, -0.05) is 6.08 Å². The molecule has 43 heavy (non-hydrogen) atoms. The smallest absolute Gasteiger partial charge is 0.371 e. The average molecular weight is 640 g/mol. The Balaban J connectivity index is 0.000000541. The standard InChI is InChI=1S/C25H29N5O4S2.C3H3F3O/c1-36(33,34)30-10-6-17(7-11-30)20-14-19-21(5-4-18(24(26)32)23(19)28-20)29-9-2-3-16(15-29)13-22(31)25-27-8-12-35-25;1-2(7)3(4,5)6/h4-6,8,12,14,16,28H,2-3,7,9-11,13,15H2,1H3,(H2,26,32);1H3/t16-;/m0./s1. The summed E-state index contributed by atoms with van der Waals surface area (Å²) in [4.78, 5) is 44.0. The highest BCUT2D eigenvalue weighted by Crippen LogP contribution is 2.36. The minimum atomic E-state index is -4.64. The second kappa shape index (κ2) is 13.0. The van der Waals surface area contributed by atoms with Crippen LogP contribution in [-0.4, -0.2) is 78.8 Å². The summed E-state index contributed by atoms with van der Waals surface area (Å²) in [5.41, 5.74) is 9.66. The average Bonchev–Trinajstić information content (AvgIpc) is 3.63. The molecule has 1 fully saturated rings. The van der Waals surface area contributed by atoms with E-state index in [2.05, 4.69) is 14.9 Å². The lowest BCUT2D eigenvalue weighted by atomic mass is 9.92. The summed E-state index contributed by atoms with van der Waals surface area (Å²) in [5.74, 6) is -1.95. The molecule has 1 amide bonds. The number of aromatic nitrogens is 2. The molecule has 2 aromatic heterocycles. The number of hydrogen-bond donors (Lipinski definition) is 2. The van der Waals surface area contributed by atoms with Crippen LogP contribution in [0.25, 0.3) is 16.5 Å². The third kappa shape index (κ3) is 7.89. The zero-order valence-corrected chi connectivity index (χ0v) is 25.2. The third-order valence-electron chi connectivity index (χ3n) is 7.43. The number of fused-ring (bicyclic) bond motifs is 1. The third-order valence-corrected chi connectivity index (χ3v) is 9.51. The first-order valence-corrected chi connectivity index (χ1v) is 16.2. The maximum atomic E-state index is 12.6. The van der Waals surface area contributed by atoms with Gasteiger partial charge in [0.2, 0.25) is 15.8 Å². The van der Waals surface area contributed by atoms with E-state index in [0.29, 0.717) is 48.9 Å². The van der Waals surface area contributed by atoms with Crippen LogP contribution in [0.15, 0.2) is 35.9 Å². The monoisotopic (exact) mass is 639 g/mol. The van der Waals surface area contributed by atoms with Crippen LogP contribution in [0.2, 0.25) is 0 Å². The summed E-state index contributed by atoms with van der Waals surface area (Å²) < 4.78 is 57.7. The van der Waals surface area contributed by atoms with E-state index in [4.69, 9.17) is 5.73 Å². The summed E-state index contributed by atoms with van der Waals surface area (Å²) in [6.45, 7) is 2.82. The summed E-state index contributed by atoms with van der Waals surface area (Å²) >= 11 is 1.38. The van der Waals surface area contributed by atoms with Gasteiger partial charge in [0.25, 0.3) is 5.91 Å². The fraction of sp³-hybridized carbons (Fsp3) is 0.429. The number of primary amides is 1. The Bertz CT molecular complexity index is 1650. The molecule has 0 saturated carbocycles. The van der Waals surface area contributed by atoms with Crippen LogP contribution in [-0.2, 0) is 14.8 Å². The van der Waals surface area contributed by atoms with E-state index < -0.39 is 27.9 Å². The molecule has 0 unspecified atom stereocenters. The number of benzene rings is 1. The second-order valence-corrected chi connectivity index (χ2v) is 13.4. The van der Waals surface area contributed by atoms with Crippen LogP contribution >= 0.6 is 11.3 Å². The van der Waals surface area contributed by atoms with Gasteiger partial charge >= 0.3 is 6.18 Å². The van der Waals surface area contributed by atoms with Crippen molar-refractivity contribution in [3.05, 3.63) is 52.1 Å². The molecule has 1 saturated heterocycles. The molecule has 0 radical (unpaired) electrons. The lowest BCUT2D eigenvalue weighted by molar-refractivity contribution is -0.168. The van der Waals surface area contributed by atoms with Crippen molar-refractivity contribution in [2.24, 2.45) is 11.7 Å². The molecule has 2 aliphatic heterocycles. The number of nitrogens with two attached hydrogens (primary N) is 1. The lowest BCUT2D eigenvalue weighted by Crippen LogP contribution is -2.36. The molecule has 10 nitrogen and oxygen atoms in total. The van der Waals surface area contributed by atoms with E-state index in [1.165, 1.54) is 21.9 Å². The fourth-order valence-corrected chi connectivity index (χ4v) is 6.57. The first kappa shape index (κ1) is 32.4. The predicted molar refractivity (Wildman–Crippen MR) is 159 cm³/mol. The number of hydrogen-bond acceptors (Lipinski definition) is 8. The summed E-state index contributed by atoms with van der Waals surface area (Å²) in [6.07, 6.45) is 3.15. The van der Waals surface area contributed by atoms with Crippen molar-refractivity contribution in [1.82, 2.24) is 14.3 Å². The maximum absolute atomic E-state index is 12.6. The number of carbonyl (C=O) groups is 3. The number of halogens is 3. The summed E-state index contributed by atoms with van der Waals surface area (Å²) in [5, 5.41) is 3.28. The van der Waals surface area contributed by atoms with Gasteiger partial charge in [0.1, 0.15) is 0 Å². The molecule has 1 atom stereocenters. The first-order valence-electron chi connectivity index (χ1n) is 13.5. The molecule has 5 rings (SSSR count). The van der Waals surface area contributed by atoms with E-state index in [1.54, 1.807) is 12.3 Å². The molecule has 15 heteroatoms. The van der Waals surface area contributed by atoms with Crippen molar-refractivity contribution in [1.29, 1.82) is 0 Å². The van der Waals surface area contributed by atoms with Gasteiger partial charge in [-0.2, -0.15) is 17.5 Å². The Morgan fingerprint density at radius 3 is 2.49 bits per heavy atom. The molecule has 2 aliphatic rings. The lowest BCUT2D eigenvalue weighted by Gasteiger charge is -2.34. The number of piperidine rings is 1. The Kier molecular flexibility index (Phi) is 9.76. The van der Waals surface area contributed by atoms with Gasteiger partial charge in [0.05, 0.1) is 17.3 Å². The van der Waals surface area contributed by atoms with Crippen molar-refractivity contribution in [2.45, 2.75) is 38.8 Å². The molecular formula is C28H32F3N5O5S2. The minimum Gasteiger partial charge on any atom is -0.371 e. The quantitative estimate of drug-likeness (QED) is 0.365. The van der Waals surface area contributed by atoms with Crippen LogP contribution in [0.5, 0.6) is 0 Å². The van der Waals surface area contributed by atoms with E-state index in [-0.39, 0.29) is 11.7 Å². The Hall–Kier alpha value is -3.56. The molecule has 0 spiro atoms. The summed E-state index contributed by atoms with van der Waals surface area (Å²) in [6, 6.07) is 5.72. The number of alkyl halides is 3. The first-order chi connectivity index (χ1) is 20.1. The van der Waals surface area contributed by atoms with Crippen LogP contribution < -0.4 is 10.6 Å². The minimum absolute atomic E-state index is 0.0855. The number of ketones is 2. The number of anilines is 1. The molecule has 1 aromatic carbocycles. The van der Waals surface area contributed by atoms with E-state index >= 15 is 0 Å². The number of H-pyrrole nitrogens is 1. The SMILES string of the molecule is CC(=O)C(F)(F)F.CS(=O)(=O)N1CC=C(c2cc3c(N4CCC[C@@H](CC(=O)c5nccs5)C4)ccc(C(N)=O)c3[nH]2)CC1. The zero-order chi connectivity index (χ0) is 31.5.